The third-order valence-corrected chi connectivity index (χ3v) is 65.9. The van der Waals surface area contributed by atoms with E-state index in [1.807, 2.05) is 0 Å². The summed E-state index contributed by atoms with van der Waals surface area (Å²) in [4.78, 5) is 0. The Hall–Kier alpha value is -5.08. The minimum atomic E-state index is -5.46. The van der Waals surface area contributed by atoms with E-state index in [0.29, 0.717) is 0 Å². The fourth-order valence-electron chi connectivity index (χ4n) is 11.0. The molecule has 0 amide bonds. The molecule has 0 spiro atoms. The summed E-state index contributed by atoms with van der Waals surface area (Å²) in [6.07, 6.45) is 8.71. The van der Waals surface area contributed by atoms with E-state index in [0.717, 1.165) is 25.7 Å². The number of hydrogen-bond acceptors (Lipinski definition) is 0. The van der Waals surface area contributed by atoms with Gasteiger partial charge in [-0.2, -0.15) is 0 Å². The summed E-state index contributed by atoms with van der Waals surface area (Å²) in [5, 5.41) is 0. The average Bonchev–Trinajstić information content (AvgIpc) is 3.95. The number of benzene rings is 8. The summed E-state index contributed by atoms with van der Waals surface area (Å²) >= 11 is -5.46. The molecule has 2 unspecified atom stereocenters. The molecular formula is C60H53Cl2SiZr. The molecule has 0 saturated heterocycles. The molecule has 2 aliphatic carbocycles. The fourth-order valence-corrected chi connectivity index (χ4v) is 42.2. The second-order valence-electron chi connectivity index (χ2n) is 18.1. The summed E-state index contributed by atoms with van der Waals surface area (Å²) in [6.45, 7) is 4.99. The Balaban J connectivity index is 1.28. The fraction of sp³-hybridized carbons (Fsp3) is 0.133. The molecule has 2 atom stereocenters. The van der Waals surface area contributed by atoms with Gasteiger partial charge in [-0.3, -0.25) is 0 Å². The summed E-state index contributed by atoms with van der Waals surface area (Å²) in [5.74, 6) is -1.96. The number of halogens is 2. The van der Waals surface area contributed by atoms with Crippen LogP contribution in [0, 0.1) is 0 Å². The van der Waals surface area contributed by atoms with Crippen LogP contribution in [0.3, 0.4) is 0 Å². The Labute approximate surface area is 388 Å². The van der Waals surface area contributed by atoms with Crippen molar-refractivity contribution in [3.8, 4) is 44.5 Å². The molecule has 64 heavy (non-hydrogen) atoms. The molecule has 0 saturated carbocycles. The number of fused-ring (bicyclic) bond motifs is 2. The zero-order valence-electron chi connectivity index (χ0n) is 36.6. The Morgan fingerprint density at radius 3 is 0.953 bits per heavy atom. The summed E-state index contributed by atoms with van der Waals surface area (Å²) < 4.78 is -0.205. The molecule has 0 aromatic heterocycles. The quantitative estimate of drug-likeness (QED) is 0.101. The molecule has 0 heterocycles. The first-order valence-electron chi connectivity index (χ1n) is 22.9. The van der Waals surface area contributed by atoms with Crippen molar-refractivity contribution in [1.29, 1.82) is 0 Å². The number of hydrogen-bond donors (Lipinski definition) is 0. The van der Waals surface area contributed by atoms with E-state index >= 15 is 0 Å². The van der Waals surface area contributed by atoms with Gasteiger partial charge in [0.25, 0.3) is 0 Å². The van der Waals surface area contributed by atoms with Crippen molar-refractivity contribution in [2.75, 3.05) is 0 Å². The van der Waals surface area contributed by atoms with Crippen molar-refractivity contribution in [2.24, 2.45) is 0 Å². The third-order valence-electron chi connectivity index (χ3n) is 14.2. The Morgan fingerprint density at radius 1 is 0.359 bits per heavy atom. The third kappa shape index (κ3) is 7.81. The van der Waals surface area contributed by atoms with Crippen LogP contribution in [0.5, 0.6) is 0 Å². The number of aryl methyl sites for hydroxylation is 2. The van der Waals surface area contributed by atoms with Crippen LogP contribution in [0.1, 0.15) is 53.5 Å². The van der Waals surface area contributed by atoms with Gasteiger partial charge in [-0.25, -0.2) is 0 Å². The van der Waals surface area contributed by atoms with E-state index in [1.54, 1.807) is 0 Å². The number of rotatable bonds is 13. The van der Waals surface area contributed by atoms with Gasteiger partial charge in [0.15, 0.2) is 0 Å². The van der Waals surface area contributed by atoms with Crippen LogP contribution in [-0.4, -0.2) is 5.92 Å². The van der Waals surface area contributed by atoms with Crippen LogP contribution < -0.4 is 0 Å². The summed E-state index contributed by atoms with van der Waals surface area (Å²) in [5.41, 5.74) is 20.5. The Morgan fingerprint density at radius 2 is 0.641 bits per heavy atom. The Kier molecular flexibility index (Phi) is 12.1. The van der Waals surface area contributed by atoms with Gasteiger partial charge in [0.2, 0.25) is 0 Å². The van der Waals surface area contributed by atoms with Crippen molar-refractivity contribution < 1.29 is 15.6 Å². The first kappa shape index (κ1) is 42.8. The van der Waals surface area contributed by atoms with Crippen molar-refractivity contribution in [3.05, 3.63) is 251 Å². The maximum absolute atomic E-state index is 9.42. The van der Waals surface area contributed by atoms with Crippen molar-refractivity contribution in [1.82, 2.24) is 0 Å². The molecule has 0 fully saturated rings. The predicted octanol–water partition coefficient (Wildman–Crippen LogP) is 17.2. The van der Waals surface area contributed by atoms with Crippen molar-refractivity contribution >= 4 is 35.1 Å². The second-order valence-corrected chi connectivity index (χ2v) is 60.6. The molecule has 2 aliphatic rings. The van der Waals surface area contributed by atoms with Crippen molar-refractivity contribution in [3.63, 3.8) is 0 Å². The molecule has 0 N–H and O–H groups in total. The van der Waals surface area contributed by atoms with Crippen LogP contribution in [0.15, 0.2) is 217 Å². The standard InChI is InChI=1S/2C29H23.C2H7Si.2ClH.Zr/c2*1-4-10-22(11-5-1)16-17-23-20-28-26(24-12-6-2-7-13-24)18-19-27(29(28)21-23)25-14-8-3-9-15-25;1-3-2;;;/h2*1-15,18-21H,16-17H2;3H,1-2H3;2*1H;/q;;;;;+2/p-2. The second kappa shape index (κ2) is 18.1. The zero-order valence-corrected chi connectivity index (χ0v) is 41.7. The maximum atomic E-state index is 9.42. The van der Waals surface area contributed by atoms with E-state index < -0.39 is 21.5 Å². The topological polar surface area (TPSA) is 0 Å². The van der Waals surface area contributed by atoms with Gasteiger partial charge in [-0.05, 0) is 0 Å². The van der Waals surface area contributed by atoms with Gasteiger partial charge in [-0.1, -0.05) is 0 Å². The van der Waals surface area contributed by atoms with Gasteiger partial charge in [-0.15, -0.1) is 0 Å². The summed E-state index contributed by atoms with van der Waals surface area (Å²) in [6, 6.07) is 75.2. The molecule has 0 bridgehead atoms. The predicted molar refractivity (Wildman–Crippen MR) is 276 cm³/mol. The van der Waals surface area contributed by atoms with Crippen LogP contribution in [0.4, 0.5) is 0 Å². The van der Waals surface area contributed by atoms with E-state index in [1.165, 1.54) is 89.0 Å². The Bertz CT molecular complexity index is 2780. The minimum absolute atomic E-state index is 0.103. The van der Waals surface area contributed by atoms with E-state index in [4.69, 9.17) is 0 Å². The molecule has 10 rings (SSSR count). The van der Waals surface area contributed by atoms with Crippen molar-refractivity contribution in [2.45, 2.75) is 46.0 Å². The first-order valence-corrected chi connectivity index (χ1v) is 39.2. The normalized spacial score (nSPS) is 16.1. The van der Waals surface area contributed by atoms with E-state index in [-0.39, 0.29) is 7.25 Å². The zero-order chi connectivity index (χ0) is 43.7. The molecule has 0 nitrogen and oxygen atoms in total. The van der Waals surface area contributed by atoms with Gasteiger partial charge in [0, 0.05) is 0 Å². The summed E-state index contributed by atoms with van der Waals surface area (Å²) in [7, 11) is 18.8. The van der Waals surface area contributed by atoms with Gasteiger partial charge in [0.1, 0.15) is 0 Å². The number of allylic oxidation sites excluding steroid dienone is 2. The molecule has 8 aromatic rings. The van der Waals surface area contributed by atoms with Crippen LogP contribution in [0.2, 0.25) is 13.1 Å². The van der Waals surface area contributed by atoms with Gasteiger partial charge >= 0.3 is 392 Å². The molecule has 0 aliphatic heterocycles. The SMILES string of the molecule is C[SiH](C)[Zr]([Cl])([Cl])([CH]1C(CCc2ccccc2)=Cc2c(-c3ccccc3)ccc(-c3ccccc3)c21)[CH]1C(CCc2ccccc2)=Cc2c(-c3ccccc3)ccc(-c3ccccc3)c21. The first-order chi connectivity index (χ1) is 31.3. The monoisotopic (exact) mass is 961 g/mol. The molecular weight excluding hydrogens is 911 g/mol. The average molecular weight is 964 g/mol. The molecule has 4 heteroatoms. The van der Waals surface area contributed by atoms with Gasteiger partial charge < -0.3 is 0 Å². The van der Waals surface area contributed by atoms with E-state index in [9.17, 15) is 17.0 Å². The van der Waals surface area contributed by atoms with Gasteiger partial charge in [0.05, 0.1) is 0 Å². The van der Waals surface area contributed by atoms with Crippen LogP contribution in [-0.2, 0) is 28.4 Å². The van der Waals surface area contributed by atoms with Crippen LogP contribution in [0.25, 0.3) is 56.7 Å². The molecule has 0 radical (unpaired) electrons. The van der Waals surface area contributed by atoms with Crippen LogP contribution >= 0.6 is 17.0 Å². The molecule has 315 valence electrons. The van der Waals surface area contributed by atoms with E-state index in [2.05, 4.69) is 232 Å². The molecule has 8 aromatic carbocycles.